The van der Waals surface area contributed by atoms with Crippen molar-refractivity contribution in [3.05, 3.63) is 46.2 Å². The highest BCUT2D eigenvalue weighted by atomic mass is 16.3. The number of aliphatic hydroxyl groups excluding tert-OH is 1. The molecule has 0 aromatic heterocycles. The Labute approximate surface area is 119 Å². The van der Waals surface area contributed by atoms with Gasteiger partial charge in [-0.1, -0.05) is 25.1 Å². The molecule has 1 aromatic rings. The molecule has 0 heterocycles. The molecule has 0 bridgehead atoms. The lowest BCUT2D eigenvalue weighted by Gasteiger charge is -2.24. The van der Waals surface area contributed by atoms with E-state index in [1.165, 1.54) is 5.56 Å². The van der Waals surface area contributed by atoms with Crippen LogP contribution in [0.3, 0.4) is 0 Å². The van der Waals surface area contributed by atoms with Crippen molar-refractivity contribution >= 4 is 11.6 Å². The van der Waals surface area contributed by atoms with Crippen LogP contribution >= 0.6 is 0 Å². The third kappa shape index (κ3) is 2.53. The average Bonchev–Trinajstić information content (AvgIpc) is 2.40. The number of Topliss-reactive ketones (excluding diaryl/α,β-unsaturated/α-hetero) is 2. The molecule has 1 N–H and O–H groups in total. The normalized spacial score (nSPS) is 19.4. The highest BCUT2D eigenvalue weighted by Crippen LogP contribution is 2.34. The Bertz CT molecular complexity index is 576. The van der Waals surface area contributed by atoms with Gasteiger partial charge in [-0.2, -0.15) is 0 Å². The number of ketones is 2. The standard InChI is InChI=1S/C17H20O3/c1-4-14(18)17-15(19)8-12(9-16(17)20)13-7-5-6-10(2)11(13)3/h5-7,12,18H,4,8-9H2,1-3H3. The monoisotopic (exact) mass is 272 g/mol. The minimum absolute atomic E-state index is 0.0223. The Morgan fingerprint density at radius 3 is 2.35 bits per heavy atom. The van der Waals surface area contributed by atoms with E-state index in [9.17, 15) is 14.7 Å². The van der Waals surface area contributed by atoms with E-state index in [1.54, 1.807) is 6.92 Å². The van der Waals surface area contributed by atoms with Crippen molar-refractivity contribution in [1.29, 1.82) is 0 Å². The van der Waals surface area contributed by atoms with Crippen LogP contribution in [0.2, 0.25) is 0 Å². The molecule has 1 fully saturated rings. The minimum Gasteiger partial charge on any atom is -0.511 e. The van der Waals surface area contributed by atoms with Gasteiger partial charge in [-0.15, -0.1) is 0 Å². The number of rotatable bonds is 2. The van der Waals surface area contributed by atoms with Gasteiger partial charge in [0.05, 0.1) is 5.57 Å². The SMILES string of the molecule is CCC(O)=C1C(=O)CC(c2cccc(C)c2C)CC1=O. The van der Waals surface area contributed by atoms with Crippen LogP contribution < -0.4 is 0 Å². The van der Waals surface area contributed by atoms with Gasteiger partial charge in [0.15, 0.2) is 11.6 Å². The van der Waals surface area contributed by atoms with Crippen LogP contribution in [0.4, 0.5) is 0 Å². The van der Waals surface area contributed by atoms with Crippen LogP contribution in [-0.4, -0.2) is 16.7 Å². The topological polar surface area (TPSA) is 54.4 Å². The highest BCUT2D eigenvalue weighted by molar-refractivity contribution is 6.22. The molecule has 3 heteroatoms. The quantitative estimate of drug-likeness (QED) is 0.509. The van der Waals surface area contributed by atoms with Crippen molar-refractivity contribution in [3.63, 3.8) is 0 Å². The van der Waals surface area contributed by atoms with Gasteiger partial charge in [0.2, 0.25) is 0 Å². The highest BCUT2D eigenvalue weighted by Gasteiger charge is 2.34. The molecule has 3 nitrogen and oxygen atoms in total. The molecule has 0 aliphatic heterocycles. The summed E-state index contributed by atoms with van der Waals surface area (Å²) in [4.78, 5) is 24.3. The average molecular weight is 272 g/mol. The maximum absolute atomic E-state index is 12.1. The Hall–Kier alpha value is -1.90. The van der Waals surface area contributed by atoms with Gasteiger partial charge in [0, 0.05) is 19.3 Å². The molecule has 0 unspecified atom stereocenters. The van der Waals surface area contributed by atoms with E-state index < -0.39 is 0 Å². The van der Waals surface area contributed by atoms with Crippen LogP contribution in [0.1, 0.15) is 48.8 Å². The zero-order valence-electron chi connectivity index (χ0n) is 12.2. The lowest BCUT2D eigenvalue weighted by molar-refractivity contribution is -0.124. The van der Waals surface area contributed by atoms with Gasteiger partial charge in [-0.3, -0.25) is 9.59 Å². The fourth-order valence-electron chi connectivity index (χ4n) is 2.81. The number of benzene rings is 1. The van der Waals surface area contributed by atoms with Crippen LogP contribution in [0, 0.1) is 13.8 Å². The molecule has 0 saturated heterocycles. The summed E-state index contributed by atoms with van der Waals surface area (Å²) in [6.45, 7) is 5.79. The molecule has 1 saturated carbocycles. The predicted octanol–water partition coefficient (Wildman–Crippen LogP) is 3.54. The number of hydrogen-bond donors (Lipinski definition) is 1. The van der Waals surface area contributed by atoms with Crippen molar-refractivity contribution in [1.82, 2.24) is 0 Å². The molecule has 0 atom stereocenters. The molecule has 2 rings (SSSR count). The van der Waals surface area contributed by atoms with Gasteiger partial charge in [-0.05, 0) is 36.5 Å². The third-order valence-corrected chi connectivity index (χ3v) is 4.13. The molecule has 20 heavy (non-hydrogen) atoms. The van der Waals surface area contributed by atoms with Crippen molar-refractivity contribution in [3.8, 4) is 0 Å². The lowest BCUT2D eigenvalue weighted by Crippen LogP contribution is -2.26. The van der Waals surface area contributed by atoms with Gasteiger partial charge < -0.3 is 5.11 Å². The summed E-state index contributed by atoms with van der Waals surface area (Å²) in [6.07, 6.45) is 0.922. The number of allylic oxidation sites excluding steroid dienone is 2. The minimum atomic E-state index is -0.230. The van der Waals surface area contributed by atoms with Gasteiger partial charge in [0.1, 0.15) is 5.76 Å². The third-order valence-electron chi connectivity index (χ3n) is 4.13. The summed E-state index contributed by atoms with van der Waals surface area (Å²) in [6, 6.07) is 5.98. The molecular weight excluding hydrogens is 252 g/mol. The fraction of sp³-hybridized carbons (Fsp3) is 0.412. The lowest BCUT2D eigenvalue weighted by atomic mass is 9.77. The Kier molecular flexibility index (Phi) is 4.07. The Morgan fingerprint density at radius 1 is 1.20 bits per heavy atom. The van der Waals surface area contributed by atoms with Crippen LogP contribution in [0.5, 0.6) is 0 Å². The smallest absolute Gasteiger partial charge is 0.170 e. The van der Waals surface area contributed by atoms with E-state index in [-0.39, 0.29) is 28.8 Å². The number of aliphatic hydroxyl groups is 1. The van der Waals surface area contributed by atoms with Gasteiger partial charge in [0.25, 0.3) is 0 Å². The number of carbonyl (C=O) groups is 2. The zero-order valence-corrected chi connectivity index (χ0v) is 12.2. The van der Waals surface area contributed by atoms with Gasteiger partial charge >= 0.3 is 0 Å². The molecule has 106 valence electrons. The second-order valence-electron chi connectivity index (χ2n) is 5.42. The van der Waals surface area contributed by atoms with Crippen molar-refractivity contribution < 1.29 is 14.7 Å². The first-order valence-corrected chi connectivity index (χ1v) is 7.00. The molecule has 1 aliphatic carbocycles. The van der Waals surface area contributed by atoms with Gasteiger partial charge in [-0.25, -0.2) is 0 Å². The second-order valence-corrected chi connectivity index (χ2v) is 5.42. The Morgan fingerprint density at radius 2 is 1.80 bits per heavy atom. The number of aryl methyl sites for hydroxylation is 1. The van der Waals surface area contributed by atoms with Crippen molar-refractivity contribution in [2.75, 3.05) is 0 Å². The predicted molar refractivity (Wildman–Crippen MR) is 77.9 cm³/mol. The van der Waals surface area contributed by atoms with Crippen LogP contribution in [-0.2, 0) is 9.59 Å². The molecule has 0 radical (unpaired) electrons. The number of carbonyl (C=O) groups excluding carboxylic acids is 2. The van der Waals surface area contributed by atoms with E-state index in [0.29, 0.717) is 19.3 Å². The van der Waals surface area contributed by atoms with E-state index in [4.69, 9.17) is 0 Å². The largest absolute Gasteiger partial charge is 0.511 e. The second kappa shape index (κ2) is 5.61. The number of hydrogen-bond acceptors (Lipinski definition) is 3. The summed E-state index contributed by atoms with van der Waals surface area (Å²) >= 11 is 0. The van der Waals surface area contributed by atoms with Crippen molar-refractivity contribution in [2.24, 2.45) is 0 Å². The first kappa shape index (κ1) is 14.5. The van der Waals surface area contributed by atoms with Crippen LogP contribution in [0.25, 0.3) is 0 Å². The zero-order chi connectivity index (χ0) is 14.9. The van der Waals surface area contributed by atoms with E-state index in [2.05, 4.69) is 0 Å². The summed E-state index contributed by atoms with van der Waals surface area (Å²) in [7, 11) is 0. The summed E-state index contributed by atoms with van der Waals surface area (Å²) in [5, 5.41) is 9.72. The molecule has 0 amide bonds. The first-order valence-electron chi connectivity index (χ1n) is 7.00. The summed E-state index contributed by atoms with van der Waals surface area (Å²) in [5.74, 6) is -0.597. The fourth-order valence-corrected chi connectivity index (χ4v) is 2.81. The van der Waals surface area contributed by atoms with E-state index in [0.717, 1.165) is 11.1 Å². The maximum Gasteiger partial charge on any atom is 0.170 e. The maximum atomic E-state index is 12.1. The summed E-state index contributed by atoms with van der Waals surface area (Å²) in [5.41, 5.74) is 3.40. The van der Waals surface area contributed by atoms with E-state index in [1.807, 2.05) is 32.0 Å². The van der Waals surface area contributed by atoms with Crippen LogP contribution in [0.15, 0.2) is 29.5 Å². The Balaban J connectivity index is 2.35. The molecule has 0 spiro atoms. The molecular formula is C17H20O3. The van der Waals surface area contributed by atoms with Crippen molar-refractivity contribution in [2.45, 2.75) is 46.0 Å². The first-order chi connectivity index (χ1) is 9.45. The molecule has 1 aliphatic rings. The molecule has 1 aromatic carbocycles. The van der Waals surface area contributed by atoms with E-state index >= 15 is 0 Å². The summed E-state index contributed by atoms with van der Waals surface area (Å²) < 4.78 is 0.